The highest BCUT2D eigenvalue weighted by atomic mass is 28.3. The summed E-state index contributed by atoms with van der Waals surface area (Å²) < 4.78 is 14.7. The maximum absolute atomic E-state index is 15.2. The summed E-state index contributed by atoms with van der Waals surface area (Å²) in [4.78, 5) is 31.6. The summed E-state index contributed by atoms with van der Waals surface area (Å²) in [7, 11) is -0.658. The zero-order chi connectivity index (χ0) is 39.0. The molecule has 5 aromatic rings. The van der Waals surface area contributed by atoms with Crippen LogP contribution in [0.15, 0.2) is 109 Å². The van der Waals surface area contributed by atoms with Gasteiger partial charge in [0.25, 0.3) is 5.91 Å². The van der Waals surface area contributed by atoms with Gasteiger partial charge >= 0.3 is 0 Å². The van der Waals surface area contributed by atoms with Crippen LogP contribution < -0.4 is 19.7 Å². The number of rotatable bonds is 12. The molecule has 5 atom stereocenters. The van der Waals surface area contributed by atoms with Gasteiger partial charge in [0.2, 0.25) is 5.91 Å². The Labute approximate surface area is 330 Å². The van der Waals surface area contributed by atoms with Gasteiger partial charge in [0.15, 0.2) is 5.60 Å². The smallest absolute Gasteiger partial charge is 0.264 e. The average molecular weight is 770 g/mol. The van der Waals surface area contributed by atoms with Crippen molar-refractivity contribution in [2.75, 3.05) is 30.1 Å². The average Bonchev–Trinajstić information content (AvgIpc) is 3.88. The largest absolute Gasteiger partial charge is 0.497 e. The number of carbonyl (C=O) groups excluding carboxylic acids is 2. The van der Waals surface area contributed by atoms with Gasteiger partial charge in [-0.25, -0.2) is 0 Å². The summed E-state index contributed by atoms with van der Waals surface area (Å²) in [5, 5.41) is 20.6. The van der Waals surface area contributed by atoms with Gasteiger partial charge in [0.05, 0.1) is 51.7 Å². The number of aromatic nitrogens is 3. The van der Waals surface area contributed by atoms with Crippen LogP contribution in [0.4, 0.5) is 11.4 Å². The summed E-state index contributed by atoms with van der Waals surface area (Å²) in [6, 6.07) is 34.5. The Bertz CT molecular complexity index is 2180. The number of carbonyl (C=O) groups is 2. The lowest BCUT2D eigenvalue weighted by Gasteiger charge is -2.37. The molecule has 1 aromatic heterocycles. The Morgan fingerprint density at radius 1 is 0.946 bits per heavy atom. The van der Waals surface area contributed by atoms with Crippen LogP contribution in [0.1, 0.15) is 60.9 Å². The van der Waals surface area contributed by atoms with Gasteiger partial charge in [0.1, 0.15) is 5.75 Å². The predicted octanol–water partition coefficient (Wildman–Crippen LogP) is 6.78. The number of para-hydroxylation sites is 1. The van der Waals surface area contributed by atoms with Crippen molar-refractivity contribution in [1.29, 1.82) is 0 Å². The Kier molecular flexibility index (Phi) is 10.4. The maximum Gasteiger partial charge on any atom is 0.264 e. The van der Waals surface area contributed by atoms with Gasteiger partial charge in [-0.15, -0.1) is 5.10 Å². The lowest BCUT2D eigenvalue weighted by atomic mass is 9.82. The van der Waals surface area contributed by atoms with E-state index in [1.165, 1.54) is 5.19 Å². The summed E-state index contributed by atoms with van der Waals surface area (Å²) in [5.41, 5.74) is 4.29. The van der Waals surface area contributed by atoms with Crippen LogP contribution in [-0.4, -0.2) is 66.4 Å². The van der Waals surface area contributed by atoms with Crippen LogP contribution in [0.2, 0.25) is 18.6 Å². The number of benzene rings is 4. The van der Waals surface area contributed by atoms with Crippen molar-refractivity contribution >= 4 is 36.4 Å². The van der Waals surface area contributed by atoms with Crippen molar-refractivity contribution < 1.29 is 24.2 Å². The Hall–Kier alpha value is -5.10. The molecule has 8 rings (SSSR count). The predicted molar refractivity (Wildman–Crippen MR) is 220 cm³/mol. The topological polar surface area (TPSA) is 110 Å². The van der Waals surface area contributed by atoms with Crippen molar-refractivity contribution in [2.24, 2.45) is 5.92 Å². The third kappa shape index (κ3) is 6.65. The first-order chi connectivity index (χ1) is 27.1. The molecule has 2 fully saturated rings. The second-order valence-corrected chi connectivity index (χ2v) is 20.8. The summed E-state index contributed by atoms with van der Waals surface area (Å²) in [6.07, 6.45) is 4.84. The zero-order valence-corrected chi connectivity index (χ0v) is 33.7. The minimum atomic E-state index is -2.34. The number of nitrogens with zero attached hydrogens (tertiary/aromatic N) is 5. The third-order valence-corrected chi connectivity index (χ3v) is 17.0. The van der Waals surface area contributed by atoms with Crippen molar-refractivity contribution in [2.45, 2.75) is 82.0 Å². The Balaban J connectivity index is 1.11. The molecule has 3 aliphatic rings. The molecule has 290 valence electrons. The molecule has 4 aromatic carbocycles. The van der Waals surface area contributed by atoms with E-state index in [-0.39, 0.29) is 41.9 Å². The summed E-state index contributed by atoms with van der Waals surface area (Å²) in [5.74, 6) is 0.535. The summed E-state index contributed by atoms with van der Waals surface area (Å²) in [6.45, 7) is 8.60. The van der Waals surface area contributed by atoms with E-state index >= 15 is 4.79 Å². The lowest BCUT2D eigenvalue weighted by molar-refractivity contribution is -0.146. The minimum Gasteiger partial charge on any atom is -0.497 e. The van der Waals surface area contributed by atoms with Crippen LogP contribution in [0, 0.1) is 5.92 Å². The van der Waals surface area contributed by atoms with E-state index in [4.69, 9.17) is 9.47 Å². The third-order valence-electron chi connectivity index (χ3n) is 12.6. The maximum atomic E-state index is 15.2. The van der Waals surface area contributed by atoms with Crippen LogP contribution in [0.3, 0.4) is 0 Å². The van der Waals surface area contributed by atoms with E-state index < -0.39 is 13.7 Å². The van der Waals surface area contributed by atoms with Crippen LogP contribution >= 0.6 is 0 Å². The second-order valence-electron chi connectivity index (χ2n) is 16.1. The molecule has 2 amide bonds. The van der Waals surface area contributed by atoms with Gasteiger partial charge < -0.3 is 24.4 Å². The van der Waals surface area contributed by atoms with E-state index in [0.717, 1.165) is 53.2 Å². The molecule has 1 spiro atoms. The molecule has 2 saturated heterocycles. The SMILES string of the molecule is COc1ccc([Si](C)(C)[C@H]2[C@H](CCn3cc(C(CO)c4ccccc4)nn3)O[C@@]3(C(=O)N(Cc4ccc(N5CCCCC5=O)cc4)c4ccccc43)[C@@H]2C)cc1. The first kappa shape index (κ1) is 37.8. The molecule has 0 aliphatic carbocycles. The molecule has 0 saturated carbocycles. The van der Waals surface area contributed by atoms with Crippen LogP contribution in [0.25, 0.3) is 0 Å². The highest BCUT2D eigenvalue weighted by Crippen LogP contribution is 2.60. The fourth-order valence-electron chi connectivity index (χ4n) is 9.63. The second kappa shape index (κ2) is 15.4. The fourth-order valence-corrected chi connectivity index (χ4v) is 13.7. The van der Waals surface area contributed by atoms with E-state index in [2.05, 4.69) is 48.5 Å². The van der Waals surface area contributed by atoms with Crippen molar-refractivity contribution in [3.63, 3.8) is 0 Å². The molecule has 4 heterocycles. The first-order valence-electron chi connectivity index (χ1n) is 19.8. The number of hydrogen-bond donors (Lipinski definition) is 1. The van der Waals surface area contributed by atoms with Gasteiger partial charge in [-0.3, -0.25) is 14.3 Å². The van der Waals surface area contributed by atoms with Gasteiger partial charge in [-0.2, -0.15) is 0 Å². The van der Waals surface area contributed by atoms with E-state index in [9.17, 15) is 9.90 Å². The first-order valence-corrected chi connectivity index (χ1v) is 22.9. The zero-order valence-electron chi connectivity index (χ0n) is 32.7. The number of anilines is 2. The highest BCUT2D eigenvalue weighted by molar-refractivity contribution is 6.91. The number of piperidine rings is 1. The monoisotopic (exact) mass is 769 g/mol. The number of methoxy groups -OCH3 is 1. The van der Waals surface area contributed by atoms with E-state index in [0.29, 0.717) is 31.6 Å². The molecule has 56 heavy (non-hydrogen) atoms. The van der Waals surface area contributed by atoms with Gasteiger partial charge in [-0.05, 0) is 66.3 Å². The number of aliphatic hydroxyl groups excluding tert-OH is 1. The number of hydrogen-bond acceptors (Lipinski definition) is 7. The van der Waals surface area contributed by atoms with Crippen LogP contribution in [-0.2, 0) is 33.0 Å². The van der Waals surface area contributed by atoms with Crippen molar-refractivity contribution in [1.82, 2.24) is 15.0 Å². The number of aliphatic hydroxyl groups is 1. The quantitative estimate of drug-likeness (QED) is 0.139. The molecular weight excluding hydrogens is 719 g/mol. The van der Waals surface area contributed by atoms with E-state index in [1.807, 2.05) is 106 Å². The summed E-state index contributed by atoms with van der Waals surface area (Å²) >= 11 is 0. The normalized spacial score (nSPS) is 22.8. The van der Waals surface area contributed by atoms with Gasteiger partial charge in [-0.1, -0.05) is 103 Å². The fraction of sp³-hybridized carbons (Fsp3) is 0.378. The van der Waals surface area contributed by atoms with Gasteiger partial charge in [0, 0.05) is 42.9 Å². The molecular formula is C45H51N5O5Si. The Morgan fingerprint density at radius 3 is 2.39 bits per heavy atom. The lowest BCUT2D eigenvalue weighted by Crippen LogP contribution is -2.51. The minimum absolute atomic E-state index is 0.0368. The van der Waals surface area contributed by atoms with E-state index in [1.54, 1.807) is 7.11 Å². The Morgan fingerprint density at radius 2 is 1.68 bits per heavy atom. The molecule has 0 radical (unpaired) electrons. The molecule has 1 N–H and O–H groups in total. The molecule has 3 aliphatic heterocycles. The molecule has 0 bridgehead atoms. The molecule has 10 nitrogen and oxygen atoms in total. The number of aryl methyl sites for hydroxylation is 1. The number of fused-ring (bicyclic) bond motifs is 2. The number of ether oxygens (including phenoxy) is 2. The number of amides is 2. The van der Waals surface area contributed by atoms with Crippen LogP contribution in [0.5, 0.6) is 5.75 Å². The molecule has 11 heteroatoms. The van der Waals surface area contributed by atoms with Crippen molar-refractivity contribution in [3.8, 4) is 5.75 Å². The molecule has 1 unspecified atom stereocenters. The van der Waals surface area contributed by atoms with Crippen molar-refractivity contribution in [3.05, 3.63) is 132 Å². The standard InChI is InChI=1S/C45H51N5O5Si/c1-31-43(56(3,4)36-23-21-35(54-2)22-24-36)41(25-27-48-29-39(46-47-48)37(30-51)33-12-6-5-7-13-33)55-45(31)38-14-8-9-15-40(38)50(44(45)53)28-32-17-19-34(20-18-32)49-26-11-10-16-42(49)52/h5-9,12-15,17-24,29,31,37,41,43,51H,10-11,16,25-28,30H2,1-4H3/t31-,37?,41+,43-,45+/m1/s1. The highest BCUT2D eigenvalue weighted by Gasteiger charge is 2.66.